The molecule has 1 aliphatic heterocycles. The van der Waals surface area contributed by atoms with Crippen LogP contribution >= 0.6 is 0 Å². The molecule has 69 heavy (non-hydrogen) atoms. The van der Waals surface area contributed by atoms with Crippen molar-refractivity contribution in [1.29, 1.82) is 0 Å². The third-order valence-corrected chi connectivity index (χ3v) is 10.6. The summed E-state index contributed by atoms with van der Waals surface area (Å²) in [5, 5.41) is 0.191. The summed E-state index contributed by atoms with van der Waals surface area (Å²) < 4.78 is 59.3. The summed E-state index contributed by atoms with van der Waals surface area (Å²) in [5.41, 5.74) is 0.0418. The molecule has 0 spiro atoms. The van der Waals surface area contributed by atoms with Crippen LogP contribution < -0.4 is 24.6 Å². The highest BCUT2D eigenvalue weighted by molar-refractivity contribution is 5.92. The maximum Gasteiger partial charge on any atom is 0.383 e. The summed E-state index contributed by atoms with van der Waals surface area (Å²) in [5.74, 6) is -4.29. The molecular weight excluding hydrogens is 893 g/mol. The van der Waals surface area contributed by atoms with Crippen molar-refractivity contribution in [1.82, 2.24) is 0 Å². The zero-order valence-corrected chi connectivity index (χ0v) is 36.9. The Bertz CT molecular complexity index is 2980. The van der Waals surface area contributed by atoms with E-state index in [0.29, 0.717) is 11.3 Å². The minimum Gasteiger partial charge on any atom is -0.497 e. The number of benzene rings is 6. The number of carbonyl (C=O) groups is 5. The van der Waals surface area contributed by atoms with Crippen molar-refractivity contribution in [2.45, 2.75) is 44.2 Å². The molecule has 2 heterocycles. The summed E-state index contributed by atoms with van der Waals surface area (Å²) in [6.07, 6.45) is -8.24. The molecule has 8 rings (SSSR count). The molecule has 7 aromatic rings. The molecule has 0 amide bonds. The van der Waals surface area contributed by atoms with Crippen LogP contribution in [0.1, 0.15) is 53.9 Å². The van der Waals surface area contributed by atoms with Gasteiger partial charge in [0.1, 0.15) is 36.4 Å². The summed E-state index contributed by atoms with van der Waals surface area (Å²) in [4.78, 5) is 81.0. The van der Waals surface area contributed by atoms with Gasteiger partial charge in [0.05, 0.1) is 34.7 Å². The lowest BCUT2D eigenvalue weighted by Gasteiger charge is -2.44. The van der Waals surface area contributed by atoms with Gasteiger partial charge < -0.3 is 47.0 Å². The van der Waals surface area contributed by atoms with Crippen molar-refractivity contribution in [3.63, 3.8) is 0 Å². The first-order valence-electron chi connectivity index (χ1n) is 21.4. The van der Waals surface area contributed by atoms with E-state index in [1.807, 2.05) is 0 Å². The van der Waals surface area contributed by atoms with Crippen molar-refractivity contribution in [2.24, 2.45) is 0 Å². The molecule has 5 atom stereocenters. The van der Waals surface area contributed by atoms with Crippen LogP contribution in [0, 0.1) is 0 Å². The Morgan fingerprint density at radius 2 is 1.04 bits per heavy atom. The van der Waals surface area contributed by atoms with E-state index in [-0.39, 0.29) is 51.3 Å². The molecule has 16 nitrogen and oxygen atoms in total. The Hall–Kier alpha value is -8.76. The minimum absolute atomic E-state index is 0.0503. The topological polar surface area (TPSA) is 199 Å². The molecule has 350 valence electrons. The van der Waals surface area contributed by atoms with Gasteiger partial charge in [0.2, 0.25) is 12.4 Å². The van der Waals surface area contributed by atoms with Crippen molar-refractivity contribution < 1.29 is 71.0 Å². The van der Waals surface area contributed by atoms with Crippen molar-refractivity contribution in [2.75, 3.05) is 13.7 Å². The second-order valence-corrected chi connectivity index (χ2v) is 15.3. The third-order valence-electron chi connectivity index (χ3n) is 10.6. The van der Waals surface area contributed by atoms with E-state index in [0.717, 1.165) is 6.92 Å². The summed E-state index contributed by atoms with van der Waals surface area (Å²) in [6.45, 7) is 0.459. The average molecular weight is 935 g/mol. The van der Waals surface area contributed by atoms with Gasteiger partial charge in [-0.1, -0.05) is 84.9 Å². The van der Waals surface area contributed by atoms with Crippen LogP contribution in [-0.2, 0) is 35.1 Å². The minimum atomic E-state index is -1.73. The smallest absolute Gasteiger partial charge is 0.383 e. The number of esters is 5. The lowest BCUT2D eigenvalue weighted by Crippen LogP contribution is -2.63. The van der Waals surface area contributed by atoms with Crippen molar-refractivity contribution in [3.8, 4) is 23.0 Å². The zero-order chi connectivity index (χ0) is 48.3. The maximum atomic E-state index is 14.1. The maximum absolute atomic E-state index is 14.1. The molecule has 1 aliphatic rings. The fraction of sp³-hybridized carbons (Fsp3) is 0.170. The second kappa shape index (κ2) is 21.7. The number of ether oxygens (including phenoxy) is 9. The molecule has 0 N–H and O–H groups in total. The normalized spacial score (nSPS) is 17.4. The number of fused-ring (bicyclic) bond motifs is 1. The van der Waals surface area contributed by atoms with E-state index in [2.05, 4.69) is 0 Å². The van der Waals surface area contributed by atoms with Crippen LogP contribution in [-0.4, -0.2) is 74.3 Å². The highest BCUT2D eigenvalue weighted by Gasteiger charge is 2.54. The fourth-order valence-corrected chi connectivity index (χ4v) is 7.22. The van der Waals surface area contributed by atoms with Gasteiger partial charge in [0.15, 0.2) is 18.0 Å². The predicted molar refractivity (Wildman–Crippen MR) is 244 cm³/mol. The third kappa shape index (κ3) is 11.4. The van der Waals surface area contributed by atoms with Crippen molar-refractivity contribution in [3.05, 3.63) is 202 Å². The molecule has 1 aromatic heterocycles. The summed E-state index contributed by atoms with van der Waals surface area (Å²) in [7, 11) is 1.53. The molecule has 0 aliphatic carbocycles. The van der Waals surface area contributed by atoms with Gasteiger partial charge in [-0.3, -0.25) is 4.79 Å². The molecule has 6 aromatic carbocycles. The molecule has 0 radical (unpaired) electrons. The highest BCUT2D eigenvalue weighted by atomic mass is 16.7. The number of rotatable bonds is 16. The van der Waals surface area contributed by atoms with Gasteiger partial charge in [-0.2, -0.15) is 0 Å². The van der Waals surface area contributed by atoms with Crippen LogP contribution in [0.5, 0.6) is 23.0 Å². The lowest BCUT2D eigenvalue weighted by molar-refractivity contribution is -0.275. The fourth-order valence-electron chi connectivity index (χ4n) is 7.22. The molecule has 1 fully saturated rings. The standard InChI is InChI=1S/C53H42O16/c1-32(54)63-46-43(61-30-33-23-25-38(60-2)26-24-33)40-28-27-39(29-41(40)65-52(46)59)64-53-47(69-51(58)37-21-13-6-14-22-37)45(68-50(57)36-19-11-5-12-20-36)44(67-49(56)35-17-9-4-10-18-35)42(66-53)31-62-48(55)34-15-7-3-8-16-34/h3-29,42,44-45,47,53H,30-31H2,1-2H3/t42-,44-,45+,47-,53-/m1/s1. The molecule has 0 unspecified atom stereocenters. The van der Waals surface area contributed by atoms with Crippen LogP contribution in [0.2, 0.25) is 0 Å². The molecular formula is C53H42O16. The zero-order valence-electron chi connectivity index (χ0n) is 36.9. The number of methoxy groups -OCH3 is 1. The van der Waals surface area contributed by atoms with E-state index in [9.17, 15) is 28.8 Å². The van der Waals surface area contributed by atoms with Gasteiger partial charge >= 0.3 is 35.5 Å². The first-order chi connectivity index (χ1) is 33.5. The second-order valence-electron chi connectivity index (χ2n) is 15.3. The van der Waals surface area contributed by atoms with Gasteiger partial charge in [-0.25, -0.2) is 24.0 Å². The van der Waals surface area contributed by atoms with Crippen LogP contribution in [0.25, 0.3) is 11.0 Å². The van der Waals surface area contributed by atoms with E-state index in [1.165, 1.54) is 73.8 Å². The van der Waals surface area contributed by atoms with E-state index >= 15 is 0 Å². The highest BCUT2D eigenvalue weighted by Crippen LogP contribution is 2.38. The number of hydrogen-bond acceptors (Lipinski definition) is 16. The van der Waals surface area contributed by atoms with E-state index in [1.54, 1.807) is 97.1 Å². The molecule has 1 saturated heterocycles. The van der Waals surface area contributed by atoms with E-state index in [4.69, 9.17) is 47.0 Å². The SMILES string of the molecule is COc1ccc(COc2c(OC(C)=O)c(=O)oc3cc(O[C@@H]4O[C@H](COC(=O)c5ccccc5)[C@@H](OC(=O)c5ccccc5)[C@H](OC(=O)c5ccccc5)[C@H]4OC(=O)c4ccccc4)ccc23)cc1. The molecule has 16 heteroatoms. The Kier molecular flexibility index (Phi) is 14.7. The van der Waals surface area contributed by atoms with Crippen LogP contribution in [0.4, 0.5) is 0 Å². The van der Waals surface area contributed by atoms with Gasteiger partial charge in [-0.05, 0) is 78.4 Å². The number of hydrogen-bond donors (Lipinski definition) is 0. The lowest BCUT2D eigenvalue weighted by atomic mass is 9.97. The van der Waals surface area contributed by atoms with Gasteiger partial charge in [0.25, 0.3) is 5.75 Å². The monoisotopic (exact) mass is 934 g/mol. The summed E-state index contributed by atoms with van der Waals surface area (Å²) >= 11 is 0. The van der Waals surface area contributed by atoms with E-state index < -0.39 is 78.5 Å². The predicted octanol–water partition coefficient (Wildman–Crippen LogP) is 7.94. The Balaban J connectivity index is 1.21. The largest absolute Gasteiger partial charge is 0.497 e. The van der Waals surface area contributed by atoms with Gasteiger partial charge in [0, 0.05) is 13.0 Å². The first-order valence-corrected chi connectivity index (χ1v) is 21.4. The molecule has 0 saturated carbocycles. The first kappa shape index (κ1) is 46.8. The van der Waals surface area contributed by atoms with Gasteiger partial charge in [-0.15, -0.1) is 0 Å². The van der Waals surface area contributed by atoms with Crippen LogP contribution in [0.3, 0.4) is 0 Å². The summed E-state index contributed by atoms with van der Waals surface area (Å²) in [6, 6.07) is 43.0. The Labute approximate surface area is 393 Å². The Morgan fingerprint density at radius 3 is 1.57 bits per heavy atom. The van der Waals surface area contributed by atoms with Crippen molar-refractivity contribution >= 4 is 40.8 Å². The quantitative estimate of drug-likeness (QED) is 0.0513. The van der Waals surface area contributed by atoms with Crippen LogP contribution in [0.15, 0.2) is 173 Å². The Morgan fingerprint density at radius 1 is 0.551 bits per heavy atom. The molecule has 0 bridgehead atoms. The average Bonchev–Trinajstić information content (AvgIpc) is 3.38. The number of carbonyl (C=O) groups excluding carboxylic acids is 5.